The van der Waals surface area contributed by atoms with E-state index >= 15 is 0 Å². The molecule has 0 aliphatic heterocycles. The first-order valence-electron chi connectivity index (χ1n) is 3.41. The number of phosphoric ester groups is 1. The van der Waals surface area contributed by atoms with Crippen LogP contribution in [0.5, 0.6) is 0 Å². The van der Waals surface area contributed by atoms with Gasteiger partial charge in [-0.25, -0.2) is 4.57 Å². The monoisotopic (exact) mass is 182 g/mol. The van der Waals surface area contributed by atoms with Crippen molar-refractivity contribution in [3.8, 4) is 0 Å². The Bertz CT molecular complexity index is 154. The molecule has 0 saturated carbocycles. The Kier molecular flexibility index (Phi) is 3.71. The molecule has 0 aromatic rings. The molecule has 0 fully saturated rings. The second-order valence-electron chi connectivity index (χ2n) is 3.63. The molecule has 0 radical (unpaired) electrons. The zero-order valence-corrected chi connectivity index (χ0v) is 7.97. The highest BCUT2D eigenvalue weighted by Crippen LogP contribution is 2.36. The normalized spacial score (nSPS) is 13.5. The van der Waals surface area contributed by atoms with Gasteiger partial charge in [0.15, 0.2) is 0 Å². The minimum atomic E-state index is -4.25. The van der Waals surface area contributed by atoms with Crippen LogP contribution < -0.4 is 0 Å². The molecular formula is C6H15O4P. The van der Waals surface area contributed by atoms with Crippen molar-refractivity contribution in [2.45, 2.75) is 27.2 Å². The summed E-state index contributed by atoms with van der Waals surface area (Å²) in [6.07, 6.45) is 0.637. The average Bonchev–Trinajstić information content (AvgIpc) is 1.55. The van der Waals surface area contributed by atoms with Crippen molar-refractivity contribution in [3.05, 3.63) is 0 Å². The van der Waals surface area contributed by atoms with E-state index in [4.69, 9.17) is 9.79 Å². The number of phosphoric acid groups is 1. The first-order valence-corrected chi connectivity index (χ1v) is 4.94. The Hall–Kier alpha value is 0.110. The predicted molar refractivity (Wildman–Crippen MR) is 42.1 cm³/mol. The van der Waals surface area contributed by atoms with Gasteiger partial charge in [0.05, 0.1) is 6.61 Å². The van der Waals surface area contributed by atoms with Crippen LogP contribution >= 0.6 is 7.82 Å². The van der Waals surface area contributed by atoms with E-state index in [1.165, 1.54) is 0 Å². The zero-order chi connectivity index (χ0) is 9.12. The third kappa shape index (κ3) is 10.1. The first-order chi connectivity index (χ1) is 4.71. The van der Waals surface area contributed by atoms with Crippen LogP contribution in [0.4, 0.5) is 0 Å². The molecule has 5 heteroatoms. The smallest absolute Gasteiger partial charge is 0.303 e. The molecule has 0 saturated heterocycles. The van der Waals surface area contributed by atoms with Crippen molar-refractivity contribution < 1.29 is 18.9 Å². The van der Waals surface area contributed by atoms with E-state index in [0.717, 1.165) is 0 Å². The Labute approximate surface area is 66.8 Å². The molecule has 0 amide bonds. The molecule has 0 aliphatic rings. The standard InChI is InChI=1S/C6H15O4P/c1-6(2,3)4-5-10-11(7,8)9/h4-5H2,1-3H3,(H2,7,8,9). The van der Waals surface area contributed by atoms with Crippen LogP contribution in [0.3, 0.4) is 0 Å². The van der Waals surface area contributed by atoms with E-state index in [0.29, 0.717) is 6.42 Å². The number of hydrogen-bond acceptors (Lipinski definition) is 2. The third-order valence-electron chi connectivity index (χ3n) is 1.11. The SMILES string of the molecule is CC(C)(C)CCOP(=O)(O)O. The maximum absolute atomic E-state index is 10.2. The third-order valence-corrected chi connectivity index (χ3v) is 1.63. The van der Waals surface area contributed by atoms with Gasteiger partial charge in [-0.15, -0.1) is 0 Å². The summed E-state index contributed by atoms with van der Waals surface area (Å²) in [4.78, 5) is 16.6. The first kappa shape index (κ1) is 11.1. The maximum Gasteiger partial charge on any atom is 0.469 e. The molecule has 0 spiro atoms. The lowest BCUT2D eigenvalue weighted by atomic mass is 9.93. The summed E-state index contributed by atoms with van der Waals surface area (Å²) < 4.78 is 14.5. The molecule has 0 aromatic carbocycles. The van der Waals surface area contributed by atoms with Crippen molar-refractivity contribution in [2.24, 2.45) is 5.41 Å². The van der Waals surface area contributed by atoms with Crippen LogP contribution in [0, 0.1) is 5.41 Å². The summed E-state index contributed by atoms with van der Waals surface area (Å²) in [5.41, 5.74) is 0.0508. The predicted octanol–water partition coefficient (Wildman–Crippen LogP) is 1.53. The molecular weight excluding hydrogens is 167 g/mol. The van der Waals surface area contributed by atoms with E-state index in [1.54, 1.807) is 0 Å². The molecule has 68 valence electrons. The topological polar surface area (TPSA) is 66.8 Å². The minimum absolute atomic E-state index is 0.0508. The average molecular weight is 182 g/mol. The zero-order valence-electron chi connectivity index (χ0n) is 7.07. The van der Waals surface area contributed by atoms with Crippen molar-refractivity contribution in [1.29, 1.82) is 0 Å². The molecule has 0 aromatic heterocycles. The van der Waals surface area contributed by atoms with E-state index in [2.05, 4.69) is 4.52 Å². The molecule has 0 unspecified atom stereocenters. The van der Waals surface area contributed by atoms with Gasteiger partial charge in [-0.05, 0) is 11.8 Å². The van der Waals surface area contributed by atoms with Crippen LogP contribution in [0.2, 0.25) is 0 Å². The highest BCUT2D eigenvalue weighted by atomic mass is 31.2. The summed E-state index contributed by atoms with van der Waals surface area (Å²) in [5.74, 6) is 0. The van der Waals surface area contributed by atoms with Crippen molar-refractivity contribution >= 4 is 7.82 Å². The molecule has 0 rings (SSSR count). The van der Waals surface area contributed by atoms with E-state index in [1.807, 2.05) is 20.8 Å². The van der Waals surface area contributed by atoms with Gasteiger partial charge < -0.3 is 9.79 Å². The summed E-state index contributed by atoms with van der Waals surface area (Å²) in [6.45, 7) is 6.05. The van der Waals surface area contributed by atoms with Gasteiger partial charge in [-0.1, -0.05) is 20.8 Å². The van der Waals surface area contributed by atoms with E-state index < -0.39 is 7.82 Å². The Morgan fingerprint density at radius 1 is 1.36 bits per heavy atom. The highest BCUT2D eigenvalue weighted by molar-refractivity contribution is 7.46. The Morgan fingerprint density at radius 3 is 2.09 bits per heavy atom. The van der Waals surface area contributed by atoms with E-state index in [9.17, 15) is 4.57 Å². The highest BCUT2D eigenvalue weighted by Gasteiger charge is 2.16. The fourth-order valence-electron chi connectivity index (χ4n) is 0.471. The molecule has 0 atom stereocenters. The van der Waals surface area contributed by atoms with Gasteiger partial charge in [0.25, 0.3) is 0 Å². The fourth-order valence-corrected chi connectivity index (χ4v) is 0.800. The van der Waals surface area contributed by atoms with Gasteiger partial charge in [0.2, 0.25) is 0 Å². The van der Waals surface area contributed by atoms with E-state index in [-0.39, 0.29) is 12.0 Å². The van der Waals surface area contributed by atoms with Gasteiger partial charge in [0.1, 0.15) is 0 Å². The van der Waals surface area contributed by atoms with Crippen LogP contribution in [0.15, 0.2) is 0 Å². The second kappa shape index (κ2) is 3.68. The molecule has 0 heterocycles. The van der Waals surface area contributed by atoms with Crippen LogP contribution in [-0.4, -0.2) is 16.4 Å². The lowest BCUT2D eigenvalue weighted by Gasteiger charge is -2.17. The molecule has 0 aliphatic carbocycles. The largest absolute Gasteiger partial charge is 0.469 e. The maximum atomic E-state index is 10.2. The van der Waals surface area contributed by atoms with Gasteiger partial charge >= 0.3 is 7.82 Å². The lowest BCUT2D eigenvalue weighted by molar-refractivity contribution is 0.172. The Morgan fingerprint density at radius 2 is 1.82 bits per heavy atom. The molecule has 4 nitrogen and oxygen atoms in total. The van der Waals surface area contributed by atoms with Gasteiger partial charge in [0, 0.05) is 0 Å². The molecule has 2 N–H and O–H groups in total. The van der Waals surface area contributed by atoms with Crippen LogP contribution in [-0.2, 0) is 9.09 Å². The Balaban J connectivity index is 3.52. The molecule has 11 heavy (non-hydrogen) atoms. The molecule has 0 bridgehead atoms. The minimum Gasteiger partial charge on any atom is -0.303 e. The fraction of sp³-hybridized carbons (Fsp3) is 1.00. The summed E-state index contributed by atoms with van der Waals surface area (Å²) in [6, 6.07) is 0. The second-order valence-corrected chi connectivity index (χ2v) is 4.87. The van der Waals surface area contributed by atoms with Crippen molar-refractivity contribution in [2.75, 3.05) is 6.61 Å². The summed E-state index contributed by atoms with van der Waals surface area (Å²) in [7, 11) is -4.25. The van der Waals surface area contributed by atoms with Crippen LogP contribution in [0.1, 0.15) is 27.2 Å². The van der Waals surface area contributed by atoms with Gasteiger partial charge in [-0.3, -0.25) is 4.52 Å². The number of hydrogen-bond donors (Lipinski definition) is 2. The summed E-state index contributed by atoms with van der Waals surface area (Å²) in [5, 5.41) is 0. The lowest BCUT2D eigenvalue weighted by Crippen LogP contribution is -2.08. The van der Waals surface area contributed by atoms with Gasteiger partial charge in [-0.2, -0.15) is 0 Å². The number of rotatable bonds is 3. The van der Waals surface area contributed by atoms with Crippen molar-refractivity contribution in [3.63, 3.8) is 0 Å². The van der Waals surface area contributed by atoms with Crippen molar-refractivity contribution in [1.82, 2.24) is 0 Å². The summed E-state index contributed by atoms with van der Waals surface area (Å²) >= 11 is 0. The quantitative estimate of drug-likeness (QED) is 0.649. The van der Waals surface area contributed by atoms with Crippen LogP contribution in [0.25, 0.3) is 0 Å².